The number of anilines is 1. The molecule has 0 saturated carbocycles. The summed E-state index contributed by atoms with van der Waals surface area (Å²) >= 11 is 3.46. The molecule has 1 amide bonds. The molecule has 1 aliphatic heterocycles. The first-order valence-corrected chi connectivity index (χ1v) is 7.21. The average Bonchev–Trinajstić information content (AvgIpc) is 2.35. The van der Waals surface area contributed by atoms with E-state index in [1.54, 1.807) is 0 Å². The summed E-state index contributed by atoms with van der Waals surface area (Å²) < 4.78 is 0.934. The lowest BCUT2D eigenvalue weighted by molar-refractivity contribution is -0.117. The highest BCUT2D eigenvalue weighted by molar-refractivity contribution is 9.10. The van der Waals surface area contributed by atoms with Crippen LogP contribution in [0, 0.1) is 12.8 Å². The van der Waals surface area contributed by atoms with Gasteiger partial charge in [-0.25, -0.2) is 0 Å². The van der Waals surface area contributed by atoms with Crippen LogP contribution in [0.15, 0.2) is 22.7 Å². The van der Waals surface area contributed by atoms with E-state index in [1.807, 2.05) is 25.1 Å². The van der Waals surface area contributed by atoms with Crippen LogP contribution in [-0.2, 0) is 4.79 Å². The molecule has 0 aromatic heterocycles. The molecule has 4 heteroatoms. The van der Waals surface area contributed by atoms with Crippen molar-refractivity contribution in [1.82, 2.24) is 5.32 Å². The second-order valence-electron chi connectivity index (χ2n) is 4.95. The Labute approximate surface area is 116 Å². The number of carbonyl (C=O) groups excluding carboxylic acids is 1. The van der Waals surface area contributed by atoms with Crippen molar-refractivity contribution in [2.45, 2.75) is 26.2 Å². The molecule has 0 radical (unpaired) electrons. The van der Waals surface area contributed by atoms with Crippen molar-refractivity contribution in [1.29, 1.82) is 0 Å². The summed E-state index contributed by atoms with van der Waals surface area (Å²) in [6.07, 6.45) is 2.93. The Morgan fingerprint density at radius 3 is 3.11 bits per heavy atom. The summed E-state index contributed by atoms with van der Waals surface area (Å²) in [5.41, 5.74) is 2.01. The van der Waals surface area contributed by atoms with Gasteiger partial charge in [0, 0.05) is 10.9 Å². The molecule has 1 saturated heterocycles. The van der Waals surface area contributed by atoms with Crippen molar-refractivity contribution < 1.29 is 4.79 Å². The van der Waals surface area contributed by atoms with Crippen LogP contribution in [0.1, 0.15) is 24.8 Å². The van der Waals surface area contributed by atoms with Gasteiger partial charge in [-0.3, -0.25) is 4.79 Å². The van der Waals surface area contributed by atoms with Crippen molar-refractivity contribution in [3.05, 3.63) is 28.2 Å². The Kier molecular flexibility index (Phi) is 4.78. The summed E-state index contributed by atoms with van der Waals surface area (Å²) in [5, 5.41) is 6.32. The molecule has 1 unspecified atom stereocenters. The van der Waals surface area contributed by atoms with E-state index in [0.29, 0.717) is 12.3 Å². The summed E-state index contributed by atoms with van der Waals surface area (Å²) in [7, 11) is 0. The monoisotopic (exact) mass is 310 g/mol. The van der Waals surface area contributed by atoms with Crippen molar-refractivity contribution in [2.24, 2.45) is 5.92 Å². The van der Waals surface area contributed by atoms with Gasteiger partial charge in [0.25, 0.3) is 0 Å². The Morgan fingerprint density at radius 1 is 1.56 bits per heavy atom. The number of hydrogen-bond donors (Lipinski definition) is 2. The van der Waals surface area contributed by atoms with Gasteiger partial charge in [-0.2, -0.15) is 0 Å². The van der Waals surface area contributed by atoms with Crippen LogP contribution in [0.3, 0.4) is 0 Å². The van der Waals surface area contributed by atoms with Gasteiger partial charge in [-0.15, -0.1) is 0 Å². The van der Waals surface area contributed by atoms with Gasteiger partial charge in [-0.05, 0) is 72.4 Å². The largest absolute Gasteiger partial charge is 0.325 e. The molecule has 18 heavy (non-hydrogen) atoms. The maximum atomic E-state index is 12.0. The van der Waals surface area contributed by atoms with Crippen LogP contribution in [0.2, 0.25) is 0 Å². The number of halogens is 1. The zero-order valence-corrected chi connectivity index (χ0v) is 12.2. The van der Waals surface area contributed by atoms with Crippen molar-refractivity contribution in [3.63, 3.8) is 0 Å². The molecule has 0 bridgehead atoms. The molecular weight excluding hydrogens is 292 g/mol. The zero-order chi connectivity index (χ0) is 13.0. The zero-order valence-electron chi connectivity index (χ0n) is 10.6. The molecule has 98 valence electrons. The van der Waals surface area contributed by atoms with E-state index >= 15 is 0 Å². The first-order valence-electron chi connectivity index (χ1n) is 6.42. The third-order valence-electron chi connectivity index (χ3n) is 3.27. The highest BCUT2D eigenvalue weighted by atomic mass is 79.9. The lowest BCUT2D eigenvalue weighted by atomic mass is 9.96. The molecule has 3 nitrogen and oxygen atoms in total. The molecule has 1 atom stereocenters. The Bertz CT molecular complexity index is 428. The second-order valence-corrected chi connectivity index (χ2v) is 5.80. The SMILES string of the molecule is Cc1ccc(Br)c(NC(=O)CC2CCCNC2)c1. The van der Waals surface area contributed by atoms with Crippen LogP contribution in [0.25, 0.3) is 0 Å². The van der Waals surface area contributed by atoms with E-state index < -0.39 is 0 Å². The molecule has 1 heterocycles. The van der Waals surface area contributed by atoms with Gasteiger partial charge in [0.1, 0.15) is 0 Å². The Morgan fingerprint density at radius 2 is 2.39 bits per heavy atom. The molecule has 2 rings (SSSR count). The van der Waals surface area contributed by atoms with E-state index in [9.17, 15) is 4.79 Å². The normalized spacial score (nSPS) is 19.6. The molecular formula is C14H19BrN2O. The third kappa shape index (κ3) is 3.82. The number of amides is 1. The van der Waals surface area contributed by atoms with Crippen LogP contribution in [0.5, 0.6) is 0 Å². The van der Waals surface area contributed by atoms with Gasteiger partial charge in [0.2, 0.25) is 5.91 Å². The number of nitrogens with one attached hydrogen (secondary N) is 2. The minimum Gasteiger partial charge on any atom is -0.325 e. The Hall–Kier alpha value is -0.870. The lowest BCUT2D eigenvalue weighted by Gasteiger charge is -2.22. The maximum absolute atomic E-state index is 12.0. The van der Waals surface area contributed by atoms with Gasteiger partial charge >= 0.3 is 0 Å². The Balaban J connectivity index is 1.92. The minimum atomic E-state index is 0.106. The molecule has 1 aromatic carbocycles. The first kappa shape index (κ1) is 13.6. The van der Waals surface area contributed by atoms with E-state index in [-0.39, 0.29) is 5.91 Å². The lowest BCUT2D eigenvalue weighted by Crippen LogP contribution is -2.32. The number of benzene rings is 1. The van der Waals surface area contributed by atoms with Crippen molar-refractivity contribution >= 4 is 27.5 Å². The van der Waals surface area contributed by atoms with Crippen LogP contribution >= 0.6 is 15.9 Å². The summed E-state index contributed by atoms with van der Waals surface area (Å²) in [6, 6.07) is 5.97. The highest BCUT2D eigenvalue weighted by Gasteiger charge is 2.17. The van der Waals surface area contributed by atoms with Crippen LogP contribution < -0.4 is 10.6 Å². The molecule has 1 aliphatic rings. The highest BCUT2D eigenvalue weighted by Crippen LogP contribution is 2.24. The van der Waals surface area contributed by atoms with Gasteiger partial charge in [0.05, 0.1) is 5.69 Å². The van der Waals surface area contributed by atoms with E-state index in [4.69, 9.17) is 0 Å². The molecule has 1 aromatic rings. The third-order valence-corrected chi connectivity index (χ3v) is 3.96. The summed E-state index contributed by atoms with van der Waals surface area (Å²) in [5.74, 6) is 0.581. The second kappa shape index (κ2) is 6.34. The number of piperidine rings is 1. The van der Waals surface area contributed by atoms with Gasteiger partial charge in [-0.1, -0.05) is 6.07 Å². The van der Waals surface area contributed by atoms with E-state index in [1.165, 1.54) is 6.42 Å². The summed E-state index contributed by atoms with van der Waals surface area (Å²) in [4.78, 5) is 12.0. The fraction of sp³-hybridized carbons (Fsp3) is 0.500. The molecule has 1 fully saturated rings. The number of rotatable bonds is 3. The minimum absolute atomic E-state index is 0.106. The number of hydrogen-bond acceptors (Lipinski definition) is 2. The summed E-state index contributed by atoms with van der Waals surface area (Å²) in [6.45, 7) is 4.07. The molecule has 0 aliphatic carbocycles. The van der Waals surface area contributed by atoms with Crippen molar-refractivity contribution in [2.75, 3.05) is 18.4 Å². The van der Waals surface area contributed by atoms with Gasteiger partial charge in [0.15, 0.2) is 0 Å². The average molecular weight is 311 g/mol. The van der Waals surface area contributed by atoms with Crippen molar-refractivity contribution in [3.8, 4) is 0 Å². The topological polar surface area (TPSA) is 41.1 Å². The standard InChI is InChI=1S/C14H19BrN2O/c1-10-4-5-12(15)13(7-10)17-14(18)8-11-3-2-6-16-9-11/h4-5,7,11,16H,2-3,6,8-9H2,1H3,(H,17,18). The quantitative estimate of drug-likeness (QED) is 0.901. The fourth-order valence-corrected chi connectivity index (χ4v) is 2.64. The molecule has 0 spiro atoms. The van der Waals surface area contributed by atoms with Crippen LogP contribution in [-0.4, -0.2) is 19.0 Å². The molecule has 2 N–H and O–H groups in total. The predicted octanol–water partition coefficient (Wildman–Crippen LogP) is 3.09. The first-order chi connectivity index (χ1) is 8.65. The van der Waals surface area contributed by atoms with E-state index in [2.05, 4.69) is 26.6 Å². The van der Waals surface area contributed by atoms with Crippen LogP contribution in [0.4, 0.5) is 5.69 Å². The van der Waals surface area contributed by atoms with Gasteiger partial charge < -0.3 is 10.6 Å². The smallest absolute Gasteiger partial charge is 0.224 e. The van der Waals surface area contributed by atoms with E-state index in [0.717, 1.165) is 35.2 Å². The fourth-order valence-electron chi connectivity index (χ4n) is 2.30. The number of carbonyl (C=O) groups is 1. The maximum Gasteiger partial charge on any atom is 0.224 e. The predicted molar refractivity (Wildman–Crippen MR) is 77.7 cm³/mol. The number of aryl methyl sites for hydroxylation is 1.